The first-order chi connectivity index (χ1) is 13.3. The molecule has 1 fully saturated rings. The van der Waals surface area contributed by atoms with Gasteiger partial charge in [-0.15, -0.1) is 11.8 Å². The van der Waals surface area contributed by atoms with Crippen molar-refractivity contribution in [2.75, 3.05) is 16.9 Å². The third-order valence-corrected chi connectivity index (χ3v) is 5.82. The molecule has 2 aromatic rings. The Kier molecular flexibility index (Phi) is 6.04. The number of hydrogen-bond acceptors (Lipinski definition) is 4. The Balaban J connectivity index is 1.68. The highest BCUT2D eigenvalue weighted by atomic mass is 32.2. The molecule has 1 heterocycles. The number of nitrogens with one attached hydrogen (secondary N) is 1. The summed E-state index contributed by atoms with van der Waals surface area (Å²) < 4.78 is 0. The molecule has 0 bridgehead atoms. The van der Waals surface area contributed by atoms with Gasteiger partial charge in [-0.1, -0.05) is 18.2 Å². The predicted molar refractivity (Wildman–Crippen MR) is 110 cm³/mol. The number of hydrogen-bond donors (Lipinski definition) is 2. The Labute approximate surface area is 167 Å². The molecule has 2 amide bonds. The van der Waals surface area contributed by atoms with E-state index in [4.69, 9.17) is 5.11 Å². The molecule has 146 valence electrons. The monoisotopic (exact) mass is 398 g/mol. The SMILES string of the molecule is Cc1ccc(NC(=O)C2CSCN2C(=O)Cc2cccc(C(=O)O)c2)cc1C. The zero-order valence-electron chi connectivity index (χ0n) is 15.8. The average Bonchev–Trinajstić information content (AvgIpc) is 3.15. The van der Waals surface area contributed by atoms with Gasteiger partial charge in [-0.2, -0.15) is 0 Å². The third-order valence-electron chi connectivity index (χ3n) is 4.81. The van der Waals surface area contributed by atoms with Crippen molar-refractivity contribution in [3.8, 4) is 0 Å². The number of nitrogens with zero attached hydrogens (tertiary/aromatic N) is 1. The number of thioether (sulfide) groups is 1. The Hall–Kier alpha value is -2.80. The number of carbonyl (C=O) groups excluding carboxylic acids is 2. The van der Waals surface area contributed by atoms with Crippen molar-refractivity contribution in [1.29, 1.82) is 0 Å². The van der Waals surface area contributed by atoms with E-state index in [-0.39, 0.29) is 23.8 Å². The van der Waals surface area contributed by atoms with Crippen molar-refractivity contribution < 1.29 is 19.5 Å². The lowest BCUT2D eigenvalue weighted by atomic mass is 10.1. The third kappa shape index (κ3) is 4.54. The lowest BCUT2D eigenvalue weighted by Gasteiger charge is -2.23. The number of anilines is 1. The molecular weight excluding hydrogens is 376 g/mol. The molecule has 1 aliphatic rings. The first kappa shape index (κ1) is 19.9. The quantitative estimate of drug-likeness (QED) is 0.808. The van der Waals surface area contributed by atoms with Crippen molar-refractivity contribution in [3.05, 3.63) is 64.7 Å². The fourth-order valence-corrected chi connectivity index (χ4v) is 4.22. The lowest BCUT2D eigenvalue weighted by Crippen LogP contribution is -2.45. The average molecular weight is 398 g/mol. The van der Waals surface area contributed by atoms with Crippen LogP contribution < -0.4 is 5.32 Å². The van der Waals surface area contributed by atoms with Gasteiger partial charge < -0.3 is 15.3 Å². The van der Waals surface area contributed by atoms with Crippen LogP contribution in [0.4, 0.5) is 5.69 Å². The smallest absolute Gasteiger partial charge is 0.335 e. The van der Waals surface area contributed by atoms with Crippen LogP contribution in [0.3, 0.4) is 0 Å². The van der Waals surface area contributed by atoms with E-state index in [1.54, 1.807) is 17.0 Å². The van der Waals surface area contributed by atoms with Gasteiger partial charge in [0.25, 0.3) is 0 Å². The van der Waals surface area contributed by atoms with Crippen LogP contribution in [0.15, 0.2) is 42.5 Å². The normalized spacial score (nSPS) is 16.1. The van der Waals surface area contributed by atoms with Crippen LogP contribution in [0.25, 0.3) is 0 Å². The number of benzene rings is 2. The molecule has 1 atom stereocenters. The van der Waals surface area contributed by atoms with Crippen molar-refractivity contribution in [2.45, 2.75) is 26.3 Å². The Bertz CT molecular complexity index is 928. The number of aryl methyl sites for hydroxylation is 2. The Morgan fingerprint density at radius 3 is 2.64 bits per heavy atom. The molecule has 7 heteroatoms. The maximum Gasteiger partial charge on any atom is 0.335 e. The van der Waals surface area contributed by atoms with E-state index in [0.29, 0.717) is 22.9 Å². The molecule has 3 rings (SSSR count). The van der Waals surface area contributed by atoms with Crippen molar-refractivity contribution in [1.82, 2.24) is 4.90 Å². The number of amides is 2. The molecule has 2 aromatic carbocycles. The standard InChI is InChI=1S/C21H22N2O4S/c1-13-6-7-17(8-14(13)2)22-20(25)18-11-28-12-23(18)19(24)10-15-4-3-5-16(9-15)21(26)27/h3-9,18H,10-12H2,1-2H3,(H,22,25)(H,26,27). The molecule has 2 N–H and O–H groups in total. The maximum absolute atomic E-state index is 12.7. The zero-order valence-corrected chi connectivity index (χ0v) is 16.6. The van der Waals surface area contributed by atoms with E-state index in [1.807, 2.05) is 32.0 Å². The van der Waals surface area contributed by atoms with Gasteiger partial charge in [0.2, 0.25) is 11.8 Å². The zero-order chi connectivity index (χ0) is 20.3. The fraction of sp³-hybridized carbons (Fsp3) is 0.286. The summed E-state index contributed by atoms with van der Waals surface area (Å²) in [5.74, 6) is -0.439. The summed E-state index contributed by atoms with van der Waals surface area (Å²) in [6.07, 6.45) is 0.0646. The van der Waals surface area contributed by atoms with Gasteiger partial charge in [-0.25, -0.2) is 4.79 Å². The van der Waals surface area contributed by atoms with Crippen LogP contribution in [-0.2, 0) is 16.0 Å². The second kappa shape index (κ2) is 8.48. The molecule has 1 aliphatic heterocycles. The number of aromatic carboxylic acids is 1. The minimum atomic E-state index is -1.03. The van der Waals surface area contributed by atoms with E-state index in [0.717, 1.165) is 11.1 Å². The molecule has 0 radical (unpaired) electrons. The van der Waals surface area contributed by atoms with Gasteiger partial charge in [-0.3, -0.25) is 9.59 Å². The van der Waals surface area contributed by atoms with E-state index in [9.17, 15) is 14.4 Å². The molecule has 1 unspecified atom stereocenters. The molecule has 28 heavy (non-hydrogen) atoms. The molecule has 1 saturated heterocycles. The van der Waals surface area contributed by atoms with Gasteiger partial charge >= 0.3 is 5.97 Å². The van der Waals surface area contributed by atoms with Crippen LogP contribution in [0, 0.1) is 13.8 Å². The number of carboxylic acid groups (broad SMARTS) is 1. The largest absolute Gasteiger partial charge is 0.478 e. The van der Waals surface area contributed by atoms with E-state index >= 15 is 0 Å². The predicted octanol–water partition coefficient (Wildman–Crippen LogP) is 3.08. The van der Waals surface area contributed by atoms with Crippen molar-refractivity contribution in [2.24, 2.45) is 0 Å². The highest BCUT2D eigenvalue weighted by Crippen LogP contribution is 2.24. The topological polar surface area (TPSA) is 86.7 Å². The van der Waals surface area contributed by atoms with Crippen LogP contribution in [0.1, 0.15) is 27.0 Å². The summed E-state index contributed by atoms with van der Waals surface area (Å²) in [7, 11) is 0. The molecule has 0 saturated carbocycles. The van der Waals surface area contributed by atoms with Crippen LogP contribution in [0.2, 0.25) is 0 Å². The van der Waals surface area contributed by atoms with Gasteiger partial charge in [0, 0.05) is 11.4 Å². The van der Waals surface area contributed by atoms with Gasteiger partial charge in [0.05, 0.1) is 17.9 Å². The summed E-state index contributed by atoms with van der Waals surface area (Å²) in [6.45, 7) is 3.99. The van der Waals surface area contributed by atoms with Crippen LogP contribution in [0.5, 0.6) is 0 Å². The highest BCUT2D eigenvalue weighted by molar-refractivity contribution is 7.99. The van der Waals surface area contributed by atoms with E-state index in [1.165, 1.54) is 23.9 Å². The van der Waals surface area contributed by atoms with E-state index in [2.05, 4.69) is 5.32 Å². The van der Waals surface area contributed by atoms with Crippen molar-refractivity contribution in [3.63, 3.8) is 0 Å². The molecule has 0 aliphatic carbocycles. The molecular formula is C21H22N2O4S. The lowest BCUT2D eigenvalue weighted by molar-refractivity contribution is -0.135. The second-order valence-corrected chi connectivity index (χ2v) is 7.85. The fourth-order valence-electron chi connectivity index (χ4n) is 3.04. The van der Waals surface area contributed by atoms with Gasteiger partial charge in [0.15, 0.2) is 0 Å². The first-order valence-electron chi connectivity index (χ1n) is 8.92. The molecule has 0 aromatic heterocycles. The summed E-state index contributed by atoms with van der Waals surface area (Å²) in [6, 6.07) is 11.5. The number of carboxylic acids is 1. The molecule has 0 spiro atoms. The van der Waals surface area contributed by atoms with Gasteiger partial charge in [-0.05, 0) is 54.8 Å². The summed E-state index contributed by atoms with van der Waals surface area (Å²) in [5, 5.41) is 12.0. The van der Waals surface area contributed by atoms with Crippen LogP contribution in [-0.4, -0.2) is 45.5 Å². The van der Waals surface area contributed by atoms with Crippen molar-refractivity contribution >= 4 is 35.2 Å². The summed E-state index contributed by atoms with van der Waals surface area (Å²) >= 11 is 1.53. The Morgan fingerprint density at radius 2 is 1.93 bits per heavy atom. The summed E-state index contributed by atoms with van der Waals surface area (Å²) in [5.41, 5.74) is 3.71. The minimum absolute atomic E-state index is 0.0646. The highest BCUT2D eigenvalue weighted by Gasteiger charge is 2.34. The Morgan fingerprint density at radius 1 is 1.14 bits per heavy atom. The summed E-state index contributed by atoms with van der Waals surface area (Å²) in [4.78, 5) is 38.1. The first-order valence-corrected chi connectivity index (χ1v) is 10.1. The number of rotatable bonds is 5. The van der Waals surface area contributed by atoms with Crippen LogP contribution >= 0.6 is 11.8 Å². The second-order valence-electron chi connectivity index (χ2n) is 6.85. The number of carbonyl (C=O) groups is 3. The minimum Gasteiger partial charge on any atom is -0.478 e. The van der Waals surface area contributed by atoms with E-state index < -0.39 is 12.0 Å². The maximum atomic E-state index is 12.7. The van der Waals surface area contributed by atoms with Gasteiger partial charge in [0.1, 0.15) is 6.04 Å². The molecule has 6 nitrogen and oxygen atoms in total.